The van der Waals surface area contributed by atoms with Crippen LogP contribution in [0, 0.1) is 0 Å². The van der Waals surface area contributed by atoms with Crippen molar-refractivity contribution in [3.63, 3.8) is 0 Å². The fraction of sp³-hybridized carbons (Fsp3) is 0.0566. The second-order valence-corrected chi connectivity index (χ2v) is 15.3. The molecule has 0 spiro atoms. The molecule has 55 heavy (non-hydrogen) atoms. The zero-order valence-electron chi connectivity index (χ0n) is 30.8. The molecule has 8 aromatic carbocycles. The molecule has 2 nitrogen and oxygen atoms in total. The topological polar surface area (TPSA) is 16.4 Å². The number of para-hydroxylation sites is 1. The fourth-order valence-electron chi connectivity index (χ4n) is 9.19. The van der Waals surface area contributed by atoms with E-state index in [-0.39, 0.29) is 5.41 Å². The summed E-state index contributed by atoms with van der Waals surface area (Å²) in [6.45, 7) is 4.68. The summed E-state index contributed by atoms with van der Waals surface area (Å²) in [5, 5.41) is 1.18. The third kappa shape index (κ3) is 4.81. The zero-order valence-corrected chi connectivity index (χ0v) is 30.8. The lowest BCUT2D eigenvalue weighted by molar-refractivity contribution is 0.632. The second kappa shape index (κ2) is 12.1. The van der Waals surface area contributed by atoms with Crippen molar-refractivity contribution in [1.29, 1.82) is 0 Å². The molecule has 0 aliphatic heterocycles. The van der Waals surface area contributed by atoms with Crippen LogP contribution in [0.25, 0.3) is 77.9 Å². The second-order valence-electron chi connectivity index (χ2n) is 15.3. The Bertz CT molecular complexity index is 2930. The summed E-state index contributed by atoms with van der Waals surface area (Å²) in [6.07, 6.45) is 0. The van der Waals surface area contributed by atoms with E-state index in [9.17, 15) is 0 Å². The van der Waals surface area contributed by atoms with Gasteiger partial charge in [-0.3, -0.25) is 0 Å². The van der Waals surface area contributed by atoms with Crippen LogP contribution in [-0.4, -0.2) is 0 Å². The van der Waals surface area contributed by atoms with Gasteiger partial charge in [0.1, 0.15) is 11.3 Å². The summed E-state index contributed by atoms with van der Waals surface area (Å²) < 4.78 is 6.75. The highest BCUT2D eigenvalue weighted by molar-refractivity contribution is 6.15. The number of rotatable bonds is 5. The summed E-state index contributed by atoms with van der Waals surface area (Å²) in [4.78, 5) is 2.37. The van der Waals surface area contributed by atoms with Crippen LogP contribution >= 0.6 is 0 Å². The number of nitrogens with zero attached hydrogens (tertiary/aromatic N) is 1. The van der Waals surface area contributed by atoms with Crippen molar-refractivity contribution in [1.82, 2.24) is 0 Å². The fourth-order valence-corrected chi connectivity index (χ4v) is 9.19. The van der Waals surface area contributed by atoms with E-state index in [0.717, 1.165) is 45.1 Å². The Hall–Kier alpha value is -6.90. The van der Waals surface area contributed by atoms with Gasteiger partial charge in [0.05, 0.1) is 0 Å². The minimum absolute atomic E-state index is 0.0731. The van der Waals surface area contributed by atoms with E-state index in [1.807, 2.05) is 0 Å². The number of hydrogen-bond donors (Lipinski definition) is 0. The van der Waals surface area contributed by atoms with E-state index < -0.39 is 0 Å². The summed E-state index contributed by atoms with van der Waals surface area (Å²) >= 11 is 0. The lowest BCUT2D eigenvalue weighted by atomic mass is 9.82. The first-order chi connectivity index (χ1) is 27.0. The molecule has 0 amide bonds. The van der Waals surface area contributed by atoms with Crippen molar-refractivity contribution in [3.05, 3.63) is 199 Å². The molecule has 2 heteroatoms. The third-order valence-corrected chi connectivity index (χ3v) is 11.9. The molecule has 0 N–H and O–H groups in total. The first kappa shape index (κ1) is 31.6. The molecule has 2 aliphatic rings. The van der Waals surface area contributed by atoms with E-state index in [4.69, 9.17) is 4.42 Å². The van der Waals surface area contributed by atoms with Gasteiger partial charge in [0.2, 0.25) is 0 Å². The highest BCUT2D eigenvalue weighted by atomic mass is 16.3. The number of hydrogen-bond acceptors (Lipinski definition) is 2. The van der Waals surface area contributed by atoms with Gasteiger partial charge in [0.25, 0.3) is 0 Å². The van der Waals surface area contributed by atoms with Gasteiger partial charge in [-0.15, -0.1) is 0 Å². The molecule has 0 unspecified atom stereocenters. The van der Waals surface area contributed by atoms with Crippen LogP contribution in [0.1, 0.15) is 25.0 Å². The zero-order chi connectivity index (χ0) is 36.7. The molecule has 0 saturated carbocycles. The van der Waals surface area contributed by atoms with Gasteiger partial charge < -0.3 is 9.32 Å². The molecule has 1 aromatic heterocycles. The number of fused-ring (bicyclic) bond motifs is 8. The van der Waals surface area contributed by atoms with Crippen molar-refractivity contribution in [2.24, 2.45) is 0 Å². The summed E-state index contributed by atoms with van der Waals surface area (Å²) in [6, 6.07) is 68.2. The van der Waals surface area contributed by atoms with Gasteiger partial charge in [0, 0.05) is 39.0 Å². The monoisotopic (exact) mass is 703 g/mol. The summed E-state index contributed by atoms with van der Waals surface area (Å²) in [7, 11) is 0. The molecule has 1 heterocycles. The number of furan rings is 1. The largest absolute Gasteiger partial charge is 0.455 e. The minimum atomic E-state index is -0.0731. The predicted molar refractivity (Wildman–Crippen MR) is 229 cm³/mol. The molecule has 260 valence electrons. The average Bonchev–Trinajstić information content (AvgIpc) is 3.70. The number of anilines is 3. The Kier molecular flexibility index (Phi) is 6.93. The summed E-state index contributed by atoms with van der Waals surface area (Å²) in [5.41, 5.74) is 20.3. The van der Waals surface area contributed by atoms with Crippen LogP contribution in [0.2, 0.25) is 0 Å². The standard InChI is InChI=1S/C53H37NO/c1-53(2)47-21-11-10-18-43(47)44-32-31-39(33-48(44)53)54(37-13-4-3-5-14-37)38-29-27-35(28-30-38)34-23-25-36(26-24-34)52-51-46-19-9-8-17-42(46)40-15-6-7-16-41(40)45-20-12-22-49(55-52)50(45)51/h3-33H,1-2H3. The third-order valence-electron chi connectivity index (χ3n) is 11.9. The van der Waals surface area contributed by atoms with Gasteiger partial charge in [-0.1, -0.05) is 159 Å². The molecular formula is C53H37NO. The quantitative estimate of drug-likeness (QED) is 0.177. The molecule has 0 saturated heterocycles. The van der Waals surface area contributed by atoms with Crippen LogP contribution in [0.5, 0.6) is 0 Å². The van der Waals surface area contributed by atoms with Gasteiger partial charge in [-0.05, 0) is 104 Å². The van der Waals surface area contributed by atoms with Crippen LogP contribution in [0.3, 0.4) is 0 Å². The van der Waals surface area contributed by atoms with Crippen molar-refractivity contribution in [2.75, 3.05) is 4.90 Å². The van der Waals surface area contributed by atoms with E-state index >= 15 is 0 Å². The molecular weight excluding hydrogens is 667 g/mol. The number of benzene rings is 8. The van der Waals surface area contributed by atoms with E-state index in [0.29, 0.717) is 0 Å². The summed E-state index contributed by atoms with van der Waals surface area (Å²) in [5.74, 6) is 0.906. The Labute approximate surface area is 321 Å². The highest BCUT2D eigenvalue weighted by Gasteiger charge is 2.36. The Morgan fingerprint density at radius 3 is 1.62 bits per heavy atom. The highest BCUT2D eigenvalue weighted by Crippen LogP contribution is 2.53. The molecule has 0 atom stereocenters. The SMILES string of the molecule is CC1(C)c2ccccc2-c2ccc(N(c3ccccc3)c3ccc(-c4ccc(-c5oc6cccc7c6c5-c5ccccc5-c5ccccc5-7)cc4)cc3)cc21. The van der Waals surface area contributed by atoms with Gasteiger partial charge in [-0.2, -0.15) is 0 Å². The van der Waals surface area contributed by atoms with Gasteiger partial charge in [-0.25, -0.2) is 0 Å². The van der Waals surface area contributed by atoms with E-state index in [2.05, 4.69) is 207 Å². The Balaban J connectivity index is 0.963. The predicted octanol–water partition coefficient (Wildman–Crippen LogP) is 14.9. The maximum atomic E-state index is 6.75. The molecule has 9 aromatic rings. The van der Waals surface area contributed by atoms with Crippen molar-refractivity contribution >= 4 is 28.0 Å². The Morgan fingerprint density at radius 2 is 0.891 bits per heavy atom. The van der Waals surface area contributed by atoms with Crippen LogP contribution in [-0.2, 0) is 5.41 Å². The minimum Gasteiger partial charge on any atom is -0.455 e. The van der Waals surface area contributed by atoms with Crippen molar-refractivity contribution in [2.45, 2.75) is 19.3 Å². The molecule has 0 radical (unpaired) electrons. The lowest BCUT2D eigenvalue weighted by Crippen LogP contribution is -2.16. The van der Waals surface area contributed by atoms with Gasteiger partial charge >= 0.3 is 0 Å². The first-order valence-corrected chi connectivity index (χ1v) is 19.1. The normalized spacial score (nSPS) is 13.1. The molecule has 0 fully saturated rings. The van der Waals surface area contributed by atoms with Crippen LogP contribution < -0.4 is 4.90 Å². The van der Waals surface area contributed by atoms with Crippen LogP contribution in [0.4, 0.5) is 17.1 Å². The maximum absolute atomic E-state index is 6.75. The molecule has 11 rings (SSSR count). The van der Waals surface area contributed by atoms with E-state index in [1.54, 1.807) is 0 Å². The van der Waals surface area contributed by atoms with Crippen molar-refractivity contribution in [3.8, 4) is 67.0 Å². The average molecular weight is 704 g/mol. The molecule has 2 aliphatic carbocycles. The lowest BCUT2D eigenvalue weighted by Gasteiger charge is -2.28. The maximum Gasteiger partial charge on any atom is 0.143 e. The van der Waals surface area contributed by atoms with Gasteiger partial charge in [0.15, 0.2) is 0 Å². The van der Waals surface area contributed by atoms with E-state index in [1.165, 1.54) is 61.0 Å². The Morgan fingerprint density at radius 1 is 0.382 bits per heavy atom. The first-order valence-electron chi connectivity index (χ1n) is 19.1. The molecule has 0 bridgehead atoms. The van der Waals surface area contributed by atoms with Crippen molar-refractivity contribution < 1.29 is 4.42 Å². The smallest absolute Gasteiger partial charge is 0.143 e. The van der Waals surface area contributed by atoms with Crippen LogP contribution in [0.15, 0.2) is 192 Å².